The van der Waals surface area contributed by atoms with Gasteiger partial charge in [-0.2, -0.15) is 0 Å². The first-order valence-electron chi connectivity index (χ1n) is 19.9. The van der Waals surface area contributed by atoms with Gasteiger partial charge in [-0.3, -0.25) is 0 Å². The van der Waals surface area contributed by atoms with Crippen molar-refractivity contribution in [1.82, 2.24) is 13.2 Å². The summed E-state index contributed by atoms with van der Waals surface area (Å²) in [6.45, 7) is 0. The summed E-state index contributed by atoms with van der Waals surface area (Å²) in [6, 6.07) is 66.0. The minimum atomic E-state index is 1.25. The van der Waals surface area contributed by atoms with Gasteiger partial charge in [0.25, 0.3) is 0 Å². The van der Waals surface area contributed by atoms with Crippen LogP contribution in [-0.4, -0.2) is 13.2 Å². The molecule has 0 aliphatic heterocycles. The molecule has 0 atom stereocenters. The smallest absolute Gasteiger partial charge is 0.0620 e. The molecule has 0 unspecified atom stereocenters. The van der Waals surface area contributed by atoms with E-state index < -0.39 is 0 Å². The Bertz CT molecular complexity index is 3940. The highest BCUT2D eigenvalue weighted by atomic mass is 14.9. The molecule has 0 N–H and O–H groups in total. The molecule has 0 spiro atoms. The van der Waals surface area contributed by atoms with E-state index in [0.29, 0.717) is 0 Å². The average molecular weight is 720 g/mol. The van der Waals surface area contributed by atoms with Crippen molar-refractivity contribution < 1.29 is 0 Å². The van der Waals surface area contributed by atoms with Crippen molar-refractivity contribution in [2.75, 3.05) is 0 Å². The van der Waals surface area contributed by atoms with Crippen molar-refractivity contribution in [3.63, 3.8) is 0 Å². The third kappa shape index (κ3) is 3.27. The number of para-hydroxylation sites is 5. The van der Waals surface area contributed by atoms with Crippen molar-refractivity contribution in [2.45, 2.75) is 0 Å². The number of hydrogen-bond donors (Lipinski definition) is 0. The molecule has 0 saturated heterocycles. The number of hydrogen-bond acceptors (Lipinski definition) is 0. The van der Waals surface area contributed by atoms with Gasteiger partial charge in [0.15, 0.2) is 0 Å². The normalized spacial score (nSPS) is 12.9. The maximum atomic E-state index is 2.53. The molecular weight excluding hydrogens is 691 g/mol. The van der Waals surface area contributed by atoms with E-state index in [0.717, 1.165) is 0 Å². The van der Waals surface area contributed by atoms with Gasteiger partial charge < -0.3 is 13.2 Å². The summed E-state index contributed by atoms with van der Waals surface area (Å²) in [5.74, 6) is 0. The van der Waals surface area contributed by atoms with Crippen molar-refractivity contribution in [3.8, 4) is 22.3 Å². The first-order chi connectivity index (χ1) is 28.3. The lowest BCUT2D eigenvalue weighted by Crippen LogP contribution is -1.86. The molecule has 0 aliphatic rings. The van der Waals surface area contributed by atoms with Gasteiger partial charge in [-0.1, -0.05) is 127 Å². The number of rotatable bonds is 2. The van der Waals surface area contributed by atoms with Gasteiger partial charge in [0.05, 0.1) is 49.7 Å². The lowest BCUT2D eigenvalue weighted by atomic mass is 9.95. The molecule has 6 heterocycles. The summed E-state index contributed by atoms with van der Waals surface area (Å²) in [6.07, 6.45) is 0. The van der Waals surface area contributed by atoms with Crippen molar-refractivity contribution in [1.29, 1.82) is 0 Å². The van der Waals surface area contributed by atoms with Crippen molar-refractivity contribution in [2.24, 2.45) is 0 Å². The molecule has 3 heteroatoms. The average Bonchev–Trinajstić information content (AvgIpc) is 4.11. The first kappa shape index (κ1) is 28.8. The summed E-state index contributed by atoms with van der Waals surface area (Å²) in [4.78, 5) is 0. The van der Waals surface area contributed by atoms with E-state index in [2.05, 4.69) is 189 Å². The number of nitrogens with zero attached hydrogens (tertiary/aromatic N) is 3. The van der Waals surface area contributed by atoms with Crippen LogP contribution in [0.15, 0.2) is 176 Å². The first-order valence-corrected chi connectivity index (χ1v) is 19.9. The largest absolute Gasteiger partial charge is 0.308 e. The Kier molecular flexibility index (Phi) is 4.94. The van der Waals surface area contributed by atoms with Gasteiger partial charge in [-0.15, -0.1) is 0 Å². The fourth-order valence-electron chi connectivity index (χ4n) is 11.3. The van der Waals surface area contributed by atoms with Crippen molar-refractivity contribution in [3.05, 3.63) is 176 Å². The molecule has 0 radical (unpaired) electrons. The quantitative estimate of drug-likeness (QED) is 0.169. The highest BCUT2D eigenvalue weighted by Gasteiger charge is 2.24. The monoisotopic (exact) mass is 719 g/mol. The number of aromatic nitrogens is 3. The molecule has 0 bridgehead atoms. The molecule has 57 heavy (non-hydrogen) atoms. The molecule has 0 amide bonds. The minimum absolute atomic E-state index is 1.25. The number of benzene rings is 9. The van der Waals surface area contributed by atoms with E-state index in [4.69, 9.17) is 0 Å². The third-order valence-corrected chi connectivity index (χ3v) is 13.4. The Morgan fingerprint density at radius 3 is 1.05 bits per heavy atom. The molecule has 6 aromatic heterocycles. The second kappa shape index (κ2) is 9.78. The Labute approximate surface area is 324 Å². The van der Waals surface area contributed by atoms with E-state index in [9.17, 15) is 0 Å². The van der Waals surface area contributed by atoms with Crippen LogP contribution in [0.4, 0.5) is 0 Å². The van der Waals surface area contributed by atoms with Crippen LogP contribution in [0.5, 0.6) is 0 Å². The van der Waals surface area contributed by atoms with Gasteiger partial charge in [-0.25, -0.2) is 0 Å². The van der Waals surface area contributed by atoms with Crippen LogP contribution in [0.25, 0.3) is 137 Å². The topological polar surface area (TPSA) is 13.2 Å². The maximum absolute atomic E-state index is 2.53. The Morgan fingerprint density at radius 2 is 0.561 bits per heavy atom. The minimum Gasteiger partial charge on any atom is -0.308 e. The second-order valence-electron chi connectivity index (χ2n) is 16.0. The van der Waals surface area contributed by atoms with Crippen LogP contribution in [0.2, 0.25) is 0 Å². The Hall–Kier alpha value is -7.62. The zero-order valence-corrected chi connectivity index (χ0v) is 30.6. The van der Waals surface area contributed by atoms with Crippen molar-refractivity contribution >= 4 is 114 Å². The summed E-state index contributed by atoms with van der Waals surface area (Å²) in [5.41, 5.74) is 16.5. The number of fused-ring (bicyclic) bond motifs is 18. The van der Waals surface area contributed by atoms with Gasteiger partial charge in [-0.05, 0) is 70.8 Å². The highest BCUT2D eigenvalue weighted by Crippen LogP contribution is 2.47. The van der Waals surface area contributed by atoms with E-state index in [1.165, 1.54) is 137 Å². The lowest BCUT2D eigenvalue weighted by molar-refractivity contribution is 1.37. The lowest BCUT2D eigenvalue weighted by Gasteiger charge is -2.09. The zero-order chi connectivity index (χ0) is 36.7. The third-order valence-electron chi connectivity index (χ3n) is 13.4. The van der Waals surface area contributed by atoms with E-state index in [1.54, 1.807) is 0 Å². The van der Waals surface area contributed by atoms with Crippen LogP contribution < -0.4 is 0 Å². The van der Waals surface area contributed by atoms with Gasteiger partial charge >= 0.3 is 0 Å². The summed E-state index contributed by atoms with van der Waals surface area (Å²) >= 11 is 0. The summed E-state index contributed by atoms with van der Waals surface area (Å²) < 4.78 is 7.46. The van der Waals surface area contributed by atoms with Gasteiger partial charge in [0.2, 0.25) is 0 Å². The Morgan fingerprint density at radius 1 is 0.228 bits per heavy atom. The predicted molar refractivity (Wildman–Crippen MR) is 241 cm³/mol. The standard InChI is InChI=1S/C54H29N3/c1-3-20-44-34(10-1)36-14-5-16-38-42-28-30(24-26-46(42)55(44)52(36)38)32-12-8-22-48-50(32)40-18-7-19-41-51-33(13-9-23-49(51)57(48)54(40)41)31-25-27-47-43(29-31)39-17-6-15-37-35-11-2-4-21-45(35)56(47)53(37)39/h1-29H. The fourth-order valence-corrected chi connectivity index (χ4v) is 11.3. The molecule has 260 valence electrons. The fraction of sp³-hybridized carbons (Fsp3) is 0. The zero-order valence-electron chi connectivity index (χ0n) is 30.6. The van der Waals surface area contributed by atoms with E-state index >= 15 is 0 Å². The molecule has 0 fully saturated rings. The van der Waals surface area contributed by atoms with Crippen LogP contribution in [0.1, 0.15) is 0 Å². The van der Waals surface area contributed by atoms with E-state index in [1.807, 2.05) is 0 Å². The van der Waals surface area contributed by atoms with Gasteiger partial charge in [0, 0.05) is 64.6 Å². The molecule has 0 aliphatic carbocycles. The van der Waals surface area contributed by atoms with Crippen LogP contribution in [-0.2, 0) is 0 Å². The second-order valence-corrected chi connectivity index (χ2v) is 16.0. The van der Waals surface area contributed by atoms with E-state index in [-0.39, 0.29) is 0 Å². The van der Waals surface area contributed by atoms with Crippen LogP contribution >= 0.6 is 0 Å². The summed E-state index contributed by atoms with van der Waals surface area (Å²) in [5, 5.41) is 15.7. The molecule has 15 aromatic rings. The molecule has 3 nitrogen and oxygen atoms in total. The predicted octanol–water partition coefficient (Wildman–Crippen LogP) is 14.5. The van der Waals surface area contributed by atoms with Gasteiger partial charge in [0.1, 0.15) is 0 Å². The molecule has 9 aromatic carbocycles. The molecule has 15 rings (SSSR count). The maximum Gasteiger partial charge on any atom is 0.0620 e. The van der Waals surface area contributed by atoms with Crippen LogP contribution in [0, 0.1) is 0 Å². The SMILES string of the molecule is c1ccc2c(c1)c1cccc3c4cc(-c5cccc6c5c5cccc7c8c(-c9ccc%10c(c9)c9cccc%11c%12ccccc%12n%10c%119)cccc8n6c57)ccc4n2c13. The molecular formula is C54H29N3. The highest BCUT2D eigenvalue weighted by molar-refractivity contribution is 6.29. The summed E-state index contributed by atoms with van der Waals surface area (Å²) in [7, 11) is 0. The Balaban J connectivity index is 0.972. The van der Waals surface area contributed by atoms with Crippen LogP contribution in [0.3, 0.4) is 0 Å². The molecule has 0 saturated carbocycles.